The molecule has 0 aromatic rings. The second-order valence-corrected chi connectivity index (χ2v) is 18.6. The maximum atomic E-state index is 13.0. The van der Waals surface area contributed by atoms with Crippen LogP contribution in [0.1, 0.15) is 239 Å². The molecule has 1 aliphatic rings. The van der Waals surface area contributed by atoms with E-state index >= 15 is 0 Å². The van der Waals surface area contributed by atoms with E-state index in [2.05, 4.69) is 55.6 Å². The van der Waals surface area contributed by atoms with Crippen LogP contribution in [0, 0.1) is 0 Å². The van der Waals surface area contributed by atoms with E-state index in [1.54, 1.807) is 6.08 Å². The zero-order valence-corrected chi connectivity index (χ0v) is 41.3. The molecule has 7 unspecified atom stereocenters. The maximum Gasteiger partial charge on any atom is 0.220 e. The fourth-order valence-electron chi connectivity index (χ4n) is 8.30. The number of allylic oxidation sites excluding steroid dienone is 7. The normalized spacial score (nSPS) is 20.4. The lowest BCUT2D eigenvalue weighted by Gasteiger charge is -2.40. The van der Waals surface area contributed by atoms with E-state index in [0.29, 0.717) is 6.42 Å². The summed E-state index contributed by atoms with van der Waals surface area (Å²) in [4.78, 5) is 13.0. The van der Waals surface area contributed by atoms with Gasteiger partial charge in [-0.05, 0) is 70.6 Å². The summed E-state index contributed by atoms with van der Waals surface area (Å²) in [5, 5.41) is 54.3. The second kappa shape index (κ2) is 45.0. The Morgan fingerprint density at radius 2 is 0.891 bits per heavy atom. The third-order valence-electron chi connectivity index (χ3n) is 12.6. The van der Waals surface area contributed by atoms with Crippen LogP contribution >= 0.6 is 0 Å². The van der Waals surface area contributed by atoms with Crippen molar-refractivity contribution in [3.8, 4) is 0 Å². The summed E-state index contributed by atoms with van der Waals surface area (Å²) in [5.41, 5.74) is 0. The van der Waals surface area contributed by atoms with Gasteiger partial charge in [0.1, 0.15) is 24.4 Å². The molecule has 1 saturated heterocycles. The standard InChI is InChI=1S/C55H101NO8/c1-3-5-7-9-11-13-15-17-19-21-22-23-24-25-26-27-28-29-31-33-35-37-39-41-43-45-51(59)56-48(47-63-55-54(62)53(61)52(60)50(46-57)64-55)49(58)44-42-40-38-36-34-32-30-20-18-16-14-12-10-8-6-4-2/h18,20-22,34,36,42,44,48-50,52-55,57-58,60-62H,3-17,19,23-33,35,37-41,43,45-47H2,1-2H3,(H,56,59)/b20-18+,22-21-,36-34+,44-42+. The smallest absolute Gasteiger partial charge is 0.220 e. The van der Waals surface area contributed by atoms with Crippen molar-refractivity contribution in [2.45, 2.75) is 281 Å². The molecule has 1 heterocycles. The van der Waals surface area contributed by atoms with Crippen molar-refractivity contribution in [1.29, 1.82) is 0 Å². The van der Waals surface area contributed by atoms with E-state index in [4.69, 9.17) is 9.47 Å². The molecular weight excluding hydrogens is 803 g/mol. The van der Waals surface area contributed by atoms with Crippen LogP contribution in [0.15, 0.2) is 48.6 Å². The van der Waals surface area contributed by atoms with Crippen LogP contribution in [0.25, 0.3) is 0 Å². The number of rotatable bonds is 45. The Morgan fingerprint density at radius 3 is 1.31 bits per heavy atom. The Bertz CT molecular complexity index is 1140. The Labute approximate surface area is 393 Å². The lowest BCUT2D eigenvalue weighted by atomic mass is 9.99. The molecule has 0 aromatic carbocycles. The van der Waals surface area contributed by atoms with Crippen molar-refractivity contribution in [1.82, 2.24) is 5.32 Å². The zero-order chi connectivity index (χ0) is 46.6. The number of carbonyl (C=O) groups excluding carboxylic acids is 1. The van der Waals surface area contributed by atoms with Gasteiger partial charge in [-0.15, -0.1) is 0 Å². The summed E-state index contributed by atoms with van der Waals surface area (Å²) in [6, 6.07) is -0.828. The van der Waals surface area contributed by atoms with Crippen LogP contribution in [0.2, 0.25) is 0 Å². The molecule has 1 rings (SSSR count). The molecule has 1 fully saturated rings. The third-order valence-corrected chi connectivity index (χ3v) is 12.6. The van der Waals surface area contributed by atoms with Gasteiger partial charge in [-0.3, -0.25) is 4.79 Å². The fraction of sp³-hybridized carbons (Fsp3) is 0.836. The monoisotopic (exact) mass is 904 g/mol. The van der Waals surface area contributed by atoms with Gasteiger partial charge in [0.2, 0.25) is 5.91 Å². The Kier molecular flexibility index (Phi) is 42.3. The SMILES string of the molecule is CCCCCCCC/C=C/CC/C=C/CC/C=C/C(O)C(COC1OC(CO)C(O)C(O)C1O)NC(=O)CCCCCCCCCCCCCCC/C=C\CCCCCCCCCC. The van der Waals surface area contributed by atoms with Crippen LogP contribution in [0.5, 0.6) is 0 Å². The molecule has 9 nitrogen and oxygen atoms in total. The van der Waals surface area contributed by atoms with Crippen molar-refractivity contribution in [3.63, 3.8) is 0 Å². The van der Waals surface area contributed by atoms with Gasteiger partial charge in [0.05, 0.1) is 25.4 Å². The quantitative estimate of drug-likeness (QED) is 0.0261. The number of aliphatic hydroxyl groups excluding tert-OH is 5. The van der Waals surface area contributed by atoms with E-state index in [9.17, 15) is 30.3 Å². The number of ether oxygens (including phenoxy) is 2. The number of aliphatic hydroxyl groups is 5. The van der Waals surface area contributed by atoms with E-state index in [0.717, 1.165) is 51.4 Å². The minimum absolute atomic E-state index is 0.190. The number of hydrogen-bond donors (Lipinski definition) is 6. The van der Waals surface area contributed by atoms with Gasteiger partial charge in [-0.25, -0.2) is 0 Å². The first-order valence-corrected chi connectivity index (χ1v) is 26.9. The van der Waals surface area contributed by atoms with Crippen molar-refractivity contribution in [2.75, 3.05) is 13.2 Å². The summed E-state index contributed by atoms with van der Waals surface area (Å²) >= 11 is 0. The van der Waals surface area contributed by atoms with Crippen LogP contribution < -0.4 is 5.32 Å². The predicted octanol–water partition coefficient (Wildman–Crippen LogP) is 12.6. The molecule has 0 aromatic heterocycles. The highest BCUT2D eigenvalue weighted by Crippen LogP contribution is 2.23. The lowest BCUT2D eigenvalue weighted by Crippen LogP contribution is -2.60. The molecule has 1 amide bonds. The highest BCUT2D eigenvalue weighted by atomic mass is 16.7. The number of unbranched alkanes of at least 4 members (excludes halogenated alkanes) is 29. The summed E-state index contributed by atoms with van der Waals surface area (Å²) in [5.74, 6) is -0.190. The minimum atomic E-state index is -1.57. The minimum Gasteiger partial charge on any atom is -0.394 e. The number of amides is 1. The average molecular weight is 904 g/mol. The van der Waals surface area contributed by atoms with E-state index < -0.39 is 49.5 Å². The highest BCUT2D eigenvalue weighted by molar-refractivity contribution is 5.76. The first kappa shape index (κ1) is 60.2. The lowest BCUT2D eigenvalue weighted by molar-refractivity contribution is -0.302. The van der Waals surface area contributed by atoms with Gasteiger partial charge in [0.25, 0.3) is 0 Å². The number of nitrogens with one attached hydrogen (secondary N) is 1. The summed E-state index contributed by atoms with van der Waals surface area (Å²) in [6.45, 7) is 3.75. The zero-order valence-electron chi connectivity index (χ0n) is 41.3. The fourth-order valence-corrected chi connectivity index (χ4v) is 8.30. The van der Waals surface area contributed by atoms with E-state index in [1.165, 1.54) is 167 Å². The Balaban J connectivity index is 2.26. The van der Waals surface area contributed by atoms with E-state index in [1.807, 2.05) is 6.08 Å². The molecule has 7 atom stereocenters. The molecule has 0 aliphatic carbocycles. The predicted molar refractivity (Wildman–Crippen MR) is 267 cm³/mol. The number of carbonyl (C=O) groups is 1. The molecular formula is C55H101NO8. The highest BCUT2D eigenvalue weighted by Gasteiger charge is 2.44. The van der Waals surface area contributed by atoms with Crippen molar-refractivity contribution < 1.29 is 39.8 Å². The van der Waals surface area contributed by atoms with Crippen LogP contribution in [-0.2, 0) is 14.3 Å². The van der Waals surface area contributed by atoms with Gasteiger partial charge < -0.3 is 40.3 Å². The van der Waals surface area contributed by atoms with Crippen molar-refractivity contribution >= 4 is 5.91 Å². The van der Waals surface area contributed by atoms with Gasteiger partial charge in [-0.2, -0.15) is 0 Å². The molecule has 0 spiro atoms. The van der Waals surface area contributed by atoms with Gasteiger partial charge in [-0.1, -0.05) is 210 Å². The van der Waals surface area contributed by atoms with Crippen molar-refractivity contribution in [3.05, 3.63) is 48.6 Å². The topological polar surface area (TPSA) is 149 Å². The molecule has 0 radical (unpaired) electrons. The third kappa shape index (κ3) is 34.5. The number of hydrogen-bond acceptors (Lipinski definition) is 8. The Morgan fingerprint density at radius 1 is 0.516 bits per heavy atom. The van der Waals surface area contributed by atoms with Gasteiger partial charge >= 0.3 is 0 Å². The van der Waals surface area contributed by atoms with E-state index in [-0.39, 0.29) is 12.5 Å². The first-order valence-electron chi connectivity index (χ1n) is 26.9. The summed E-state index contributed by atoms with van der Waals surface area (Å²) in [6.07, 6.45) is 51.7. The molecule has 64 heavy (non-hydrogen) atoms. The molecule has 0 saturated carbocycles. The molecule has 374 valence electrons. The first-order chi connectivity index (χ1) is 31.3. The van der Waals surface area contributed by atoms with Crippen LogP contribution in [0.3, 0.4) is 0 Å². The van der Waals surface area contributed by atoms with Crippen LogP contribution in [-0.4, -0.2) is 87.5 Å². The summed E-state index contributed by atoms with van der Waals surface area (Å²) in [7, 11) is 0. The second-order valence-electron chi connectivity index (χ2n) is 18.6. The Hall–Kier alpha value is -1.85. The molecule has 0 bridgehead atoms. The molecule has 9 heteroatoms. The van der Waals surface area contributed by atoms with Crippen LogP contribution in [0.4, 0.5) is 0 Å². The van der Waals surface area contributed by atoms with Gasteiger partial charge in [0.15, 0.2) is 6.29 Å². The maximum absolute atomic E-state index is 13.0. The summed E-state index contributed by atoms with van der Waals surface area (Å²) < 4.78 is 11.2. The average Bonchev–Trinajstić information content (AvgIpc) is 3.29. The molecule has 1 aliphatic heterocycles. The van der Waals surface area contributed by atoms with Gasteiger partial charge in [0, 0.05) is 6.42 Å². The molecule has 6 N–H and O–H groups in total. The largest absolute Gasteiger partial charge is 0.394 e. The van der Waals surface area contributed by atoms with Crippen molar-refractivity contribution in [2.24, 2.45) is 0 Å².